The van der Waals surface area contributed by atoms with E-state index in [4.69, 9.17) is 4.42 Å². The van der Waals surface area contributed by atoms with Gasteiger partial charge in [0.25, 0.3) is 5.91 Å². The van der Waals surface area contributed by atoms with Gasteiger partial charge in [0.1, 0.15) is 23.2 Å². The molecular formula is C18H27N5O2. The lowest BCUT2D eigenvalue weighted by atomic mass is 9.96. The number of nitrogens with zero attached hydrogens (tertiary/aromatic N) is 5. The molecule has 0 N–H and O–H groups in total. The van der Waals surface area contributed by atoms with Crippen molar-refractivity contribution >= 4 is 5.91 Å². The van der Waals surface area contributed by atoms with Gasteiger partial charge in [-0.3, -0.25) is 4.79 Å². The summed E-state index contributed by atoms with van der Waals surface area (Å²) in [6.45, 7) is 5.93. The summed E-state index contributed by atoms with van der Waals surface area (Å²) in [7, 11) is 6.05. The van der Waals surface area contributed by atoms with Crippen LogP contribution in [0.2, 0.25) is 0 Å². The average Bonchev–Trinajstić information content (AvgIpc) is 3.09. The Hall–Kier alpha value is -2.15. The molecule has 0 bridgehead atoms. The highest BCUT2D eigenvalue weighted by molar-refractivity contribution is 5.95. The number of carbonyl (C=O) groups is 1. The van der Waals surface area contributed by atoms with Gasteiger partial charge in [0.15, 0.2) is 0 Å². The molecule has 7 nitrogen and oxygen atoms in total. The van der Waals surface area contributed by atoms with Crippen molar-refractivity contribution in [2.75, 3.05) is 27.2 Å². The fourth-order valence-electron chi connectivity index (χ4n) is 3.54. The van der Waals surface area contributed by atoms with Gasteiger partial charge in [-0.25, -0.2) is 0 Å². The van der Waals surface area contributed by atoms with E-state index < -0.39 is 0 Å². The zero-order valence-corrected chi connectivity index (χ0v) is 15.7. The molecule has 0 aliphatic carbocycles. The average molecular weight is 345 g/mol. The number of furan rings is 1. The number of hydrogen-bond donors (Lipinski definition) is 0. The van der Waals surface area contributed by atoms with Gasteiger partial charge in [-0.1, -0.05) is 0 Å². The van der Waals surface area contributed by atoms with Crippen LogP contribution in [-0.2, 0) is 13.6 Å². The lowest BCUT2D eigenvalue weighted by Crippen LogP contribution is -2.39. The van der Waals surface area contributed by atoms with E-state index in [2.05, 4.69) is 19.7 Å². The number of aryl methyl sites for hydroxylation is 2. The first-order valence-electron chi connectivity index (χ1n) is 8.76. The minimum atomic E-state index is 0.0507. The number of carbonyl (C=O) groups excluding carboxylic acids is 1. The van der Waals surface area contributed by atoms with Crippen molar-refractivity contribution < 1.29 is 9.21 Å². The van der Waals surface area contributed by atoms with Crippen LogP contribution in [-0.4, -0.2) is 57.7 Å². The van der Waals surface area contributed by atoms with Crippen LogP contribution in [0.4, 0.5) is 0 Å². The quantitative estimate of drug-likeness (QED) is 0.849. The van der Waals surface area contributed by atoms with Gasteiger partial charge < -0.3 is 18.8 Å². The van der Waals surface area contributed by atoms with Gasteiger partial charge in [-0.2, -0.15) is 0 Å². The molecule has 1 saturated heterocycles. The van der Waals surface area contributed by atoms with E-state index in [1.54, 1.807) is 0 Å². The van der Waals surface area contributed by atoms with E-state index in [-0.39, 0.29) is 11.8 Å². The Labute approximate surface area is 148 Å². The molecule has 1 fully saturated rings. The van der Waals surface area contributed by atoms with Gasteiger partial charge in [0.05, 0.1) is 12.1 Å². The maximum absolute atomic E-state index is 12.9. The van der Waals surface area contributed by atoms with Crippen LogP contribution >= 0.6 is 0 Å². The molecule has 1 amide bonds. The molecule has 2 aromatic heterocycles. The molecule has 0 unspecified atom stereocenters. The second kappa shape index (κ2) is 7.00. The second-order valence-corrected chi connectivity index (χ2v) is 7.19. The lowest BCUT2D eigenvalue weighted by molar-refractivity contribution is 0.0701. The Morgan fingerprint density at radius 1 is 1.36 bits per heavy atom. The molecule has 1 aliphatic heterocycles. The molecule has 25 heavy (non-hydrogen) atoms. The number of likely N-dealkylation sites (tertiary alicyclic amines) is 1. The van der Waals surface area contributed by atoms with Crippen LogP contribution in [0.3, 0.4) is 0 Å². The Kier molecular flexibility index (Phi) is 4.94. The molecule has 2 aromatic rings. The molecule has 3 rings (SSSR count). The van der Waals surface area contributed by atoms with Crippen molar-refractivity contribution in [1.29, 1.82) is 0 Å². The van der Waals surface area contributed by atoms with E-state index in [1.165, 1.54) is 0 Å². The smallest absolute Gasteiger partial charge is 0.257 e. The fourth-order valence-corrected chi connectivity index (χ4v) is 3.54. The van der Waals surface area contributed by atoms with Crippen molar-refractivity contribution in [3.05, 3.63) is 34.8 Å². The van der Waals surface area contributed by atoms with Crippen LogP contribution in [0.5, 0.6) is 0 Å². The van der Waals surface area contributed by atoms with Crippen molar-refractivity contribution in [1.82, 2.24) is 24.6 Å². The highest BCUT2D eigenvalue weighted by atomic mass is 16.3. The largest absolute Gasteiger partial charge is 0.466 e. The fraction of sp³-hybridized carbons (Fsp3) is 0.611. The highest BCUT2D eigenvalue weighted by Crippen LogP contribution is 2.27. The molecule has 1 aliphatic rings. The Bertz CT molecular complexity index is 762. The Balaban J connectivity index is 1.76. The third kappa shape index (κ3) is 3.61. The Morgan fingerprint density at radius 2 is 2.12 bits per heavy atom. The van der Waals surface area contributed by atoms with Crippen molar-refractivity contribution in [3.8, 4) is 0 Å². The monoisotopic (exact) mass is 345 g/mol. The summed E-state index contributed by atoms with van der Waals surface area (Å²) in [5, 5.41) is 8.74. The first-order chi connectivity index (χ1) is 11.9. The molecule has 1 atom stereocenters. The van der Waals surface area contributed by atoms with E-state index in [9.17, 15) is 4.79 Å². The number of aromatic nitrogens is 3. The summed E-state index contributed by atoms with van der Waals surface area (Å²) in [6, 6.07) is 1.83. The van der Waals surface area contributed by atoms with Gasteiger partial charge >= 0.3 is 0 Å². The summed E-state index contributed by atoms with van der Waals surface area (Å²) in [5.41, 5.74) is 0.671. The Morgan fingerprint density at radius 3 is 2.76 bits per heavy atom. The predicted molar refractivity (Wildman–Crippen MR) is 94.5 cm³/mol. The lowest BCUT2D eigenvalue weighted by Gasteiger charge is -2.32. The third-order valence-electron chi connectivity index (χ3n) is 4.80. The second-order valence-electron chi connectivity index (χ2n) is 7.19. The summed E-state index contributed by atoms with van der Waals surface area (Å²) in [6.07, 6.45) is 2.00. The summed E-state index contributed by atoms with van der Waals surface area (Å²) >= 11 is 0. The SMILES string of the molecule is Cc1cc(C(=O)N2CCC[C@@H](c3nnc(CN(C)C)n3C)C2)c(C)o1. The number of piperidine rings is 1. The summed E-state index contributed by atoms with van der Waals surface area (Å²) in [4.78, 5) is 16.9. The minimum Gasteiger partial charge on any atom is -0.466 e. The molecule has 136 valence electrons. The van der Waals surface area contributed by atoms with Crippen LogP contribution in [0.1, 0.15) is 52.3 Å². The van der Waals surface area contributed by atoms with Crippen LogP contribution in [0.25, 0.3) is 0 Å². The van der Waals surface area contributed by atoms with Crippen molar-refractivity contribution in [3.63, 3.8) is 0 Å². The van der Waals surface area contributed by atoms with Gasteiger partial charge in [0, 0.05) is 26.1 Å². The van der Waals surface area contributed by atoms with Gasteiger partial charge in [-0.15, -0.1) is 10.2 Å². The van der Waals surface area contributed by atoms with E-state index in [0.717, 1.165) is 43.3 Å². The minimum absolute atomic E-state index is 0.0507. The van der Waals surface area contributed by atoms with Crippen LogP contribution in [0, 0.1) is 13.8 Å². The molecule has 0 spiro atoms. The van der Waals surface area contributed by atoms with Gasteiger partial charge in [-0.05, 0) is 46.9 Å². The summed E-state index contributed by atoms with van der Waals surface area (Å²) < 4.78 is 7.59. The van der Waals surface area contributed by atoms with Gasteiger partial charge in [0.2, 0.25) is 0 Å². The standard InChI is InChI=1S/C18H27N5O2/c1-12-9-15(13(2)25-12)18(24)23-8-6-7-14(10-23)17-20-19-16(22(17)5)11-21(3)4/h9,14H,6-8,10-11H2,1-5H3/t14-/m1/s1. The number of hydrogen-bond acceptors (Lipinski definition) is 5. The topological polar surface area (TPSA) is 67.4 Å². The zero-order chi connectivity index (χ0) is 18.1. The van der Waals surface area contributed by atoms with Crippen LogP contribution < -0.4 is 0 Å². The molecule has 0 aromatic carbocycles. The summed E-state index contributed by atoms with van der Waals surface area (Å²) in [5.74, 6) is 3.65. The highest BCUT2D eigenvalue weighted by Gasteiger charge is 2.30. The first-order valence-corrected chi connectivity index (χ1v) is 8.76. The zero-order valence-electron chi connectivity index (χ0n) is 15.7. The van der Waals surface area contributed by atoms with E-state index >= 15 is 0 Å². The molecule has 3 heterocycles. The maximum Gasteiger partial charge on any atom is 0.257 e. The van der Waals surface area contributed by atoms with Crippen molar-refractivity contribution in [2.24, 2.45) is 7.05 Å². The number of rotatable bonds is 4. The van der Waals surface area contributed by atoms with Crippen LogP contribution in [0.15, 0.2) is 10.5 Å². The third-order valence-corrected chi connectivity index (χ3v) is 4.80. The first kappa shape index (κ1) is 17.7. The molecule has 0 radical (unpaired) electrons. The molecular weight excluding hydrogens is 318 g/mol. The number of amides is 1. The normalized spacial score (nSPS) is 18.2. The predicted octanol–water partition coefficient (Wildman–Crippen LogP) is 2.11. The van der Waals surface area contributed by atoms with E-state index in [1.807, 2.05) is 46.0 Å². The molecule has 0 saturated carbocycles. The molecule has 7 heteroatoms. The van der Waals surface area contributed by atoms with Crippen molar-refractivity contribution in [2.45, 2.75) is 39.2 Å². The maximum atomic E-state index is 12.9. The van der Waals surface area contributed by atoms with E-state index in [0.29, 0.717) is 17.9 Å².